The van der Waals surface area contributed by atoms with Crippen molar-refractivity contribution in [3.8, 4) is 0 Å². The van der Waals surface area contributed by atoms with Crippen LogP contribution in [0.3, 0.4) is 0 Å². The van der Waals surface area contributed by atoms with E-state index in [2.05, 4.69) is 10.6 Å². The zero-order valence-corrected chi connectivity index (χ0v) is 11.8. The first-order chi connectivity index (χ1) is 8.91. The van der Waals surface area contributed by atoms with Crippen molar-refractivity contribution in [3.63, 3.8) is 0 Å². The summed E-state index contributed by atoms with van der Waals surface area (Å²) in [6, 6.07) is 3.46. The van der Waals surface area contributed by atoms with Gasteiger partial charge in [-0.25, -0.2) is 0 Å². The molecule has 0 fully saturated rings. The van der Waals surface area contributed by atoms with Gasteiger partial charge in [0.25, 0.3) is 0 Å². The number of nitrogens with one attached hydrogen (secondary N) is 2. The molecule has 0 aromatic carbocycles. The average Bonchev–Trinajstić information content (AvgIpc) is 2.81. The molecule has 0 spiro atoms. The molecule has 2 amide bonds. The number of rotatable bonds is 5. The lowest BCUT2D eigenvalue weighted by Crippen LogP contribution is -2.45. The van der Waals surface area contributed by atoms with Crippen LogP contribution in [0.2, 0.25) is 0 Å². The Hall–Kier alpha value is -1.82. The van der Waals surface area contributed by atoms with Gasteiger partial charge in [-0.15, -0.1) is 0 Å². The first-order valence-corrected chi connectivity index (χ1v) is 6.20. The molecule has 6 heteroatoms. The highest BCUT2D eigenvalue weighted by molar-refractivity contribution is 6.35. The summed E-state index contributed by atoms with van der Waals surface area (Å²) in [4.78, 5) is 25.0. The third-order valence-electron chi connectivity index (χ3n) is 2.58. The second-order valence-electron chi connectivity index (χ2n) is 4.83. The lowest BCUT2D eigenvalue weighted by Gasteiger charge is -2.22. The van der Waals surface area contributed by atoms with Crippen molar-refractivity contribution in [1.82, 2.24) is 15.5 Å². The number of hydrogen-bond donors (Lipinski definition) is 2. The summed E-state index contributed by atoms with van der Waals surface area (Å²) in [6.45, 7) is 3.91. The monoisotopic (exact) mass is 267 g/mol. The van der Waals surface area contributed by atoms with Crippen molar-refractivity contribution >= 4 is 11.8 Å². The number of carbonyl (C=O) groups excluding carboxylic acids is 2. The molecule has 0 aliphatic rings. The zero-order valence-electron chi connectivity index (χ0n) is 11.8. The van der Waals surface area contributed by atoms with Gasteiger partial charge in [-0.2, -0.15) is 0 Å². The largest absolute Gasteiger partial charge is 0.468 e. The van der Waals surface area contributed by atoms with Crippen LogP contribution < -0.4 is 10.6 Å². The Bertz CT molecular complexity index is 413. The van der Waals surface area contributed by atoms with Crippen LogP contribution in [0.1, 0.15) is 25.6 Å². The van der Waals surface area contributed by atoms with Crippen LogP contribution in [0.15, 0.2) is 22.8 Å². The summed E-state index contributed by atoms with van der Waals surface area (Å²) in [5, 5.41) is 5.15. The number of carbonyl (C=O) groups is 2. The number of hydrogen-bond acceptors (Lipinski definition) is 4. The van der Waals surface area contributed by atoms with Crippen molar-refractivity contribution in [2.45, 2.75) is 25.9 Å². The van der Waals surface area contributed by atoms with E-state index in [1.54, 1.807) is 26.2 Å². The summed E-state index contributed by atoms with van der Waals surface area (Å²) >= 11 is 0. The van der Waals surface area contributed by atoms with Gasteiger partial charge < -0.3 is 15.1 Å². The van der Waals surface area contributed by atoms with Crippen LogP contribution in [0, 0.1) is 0 Å². The third kappa shape index (κ3) is 4.75. The lowest BCUT2D eigenvalue weighted by molar-refractivity contribution is -0.139. The maximum absolute atomic E-state index is 11.6. The van der Waals surface area contributed by atoms with Gasteiger partial charge in [-0.1, -0.05) is 0 Å². The van der Waals surface area contributed by atoms with E-state index in [0.717, 1.165) is 5.76 Å². The predicted molar refractivity (Wildman–Crippen MR) is 71.4 cm³/mol. The van der Waals surface area contributed by atoms with Crippen molar-refractivity contribution in [2.24, 2.45) is 0 Å². The van der Waals surface area contributed by atoms with E-state index in [9.17, 15) is 9.59 Å². The van der Waals surface area contributed by atoms with Gasteiger partial charge in [-0.05, 0) is 40.1 Å². The molecule has 1 atom stereocenters. The van der Waals surface area contributed by atoms with Gasteiger partial charge in [-0.3, -0.25) is 14.5 Å². The summed E-state index contributed by atoms with van der Waals surface area (Å²) in [5.74, 6) is -0.506. The number of furan rings is 1. The molecular weight excluding hydrogens is 246 g/mol. The van der Waals surface area contributed by atoms with Crippen LogP contribution in [-0.4, -0.2) is 43.4 Å². The highest BCUT2D eigenvalue weighted by Crippen LogP contribution is 2.17. The molecule has 0 aliphatic carbocycles. The molecule has 1 aromatic heterocycles. The van der Waals surface area contributed by atoms with E-state index >= 15 is 0 Å². The van der Waals surface area contributed by atoms with E-state index in [1.165, 1.54) is 0 Å². The van der Waals surface area contributed by atoms with E-state index in [1.807, 2.05) is 25.1 Å². The van der Waals surface area contributed by atoms with Crippen molar-refractivity contribution in [2.75, 3.05) is 20.6 Å². The molecule has 19 heavy (non-hydrogen) atoms. The van der Waals surface area contributed by atoms with E-state index in [4.69, 9.17) is 4.42 Å². The molecular formula is C13H21N3O3. The lowest BCUT2D eigenvalue weighted by atomic mass is 10.2. The van der Waals surface area contributed by atoms with Gasteiger partial charge in [0.15, 0.2) is 0 Å². The summed E-state index contributed by atoms with van der Waals surface area (Å²) < 4.78 is 5.32. The minimum absolute atomic E-state index is 0.0621. The number of amides is 2. The summed E-state index contributed by atoms with van der Waals surface area (Å²) in [5.41, 5.74) is 0. The van der Waals surface area contributed by atoms with Gasteiger partial charge in [0.05, 0.1) is 12.3 Å². The Balaban J connectivity index is 2.53. The maximum Gasteiger partial charge on any atom is 0.309 e. The van der Waals surface area contributed by atoms with Crippen LogP contribution in [-0.2, 0) is 9.59 Å². The predicted octanol–water partition coefficient (Wildman–Crippen LogP) is 0.523. The van der Waals surface area contributed by atoms with E-state index in [0.29, 0.717) is 6.54 Å². The van der Waals surface area contributed by atoms with Crippen LogP contribution in [0.4, 0.5) is 0 Å². The van der Waals surface area contributed by atoms with Crippen LogP contribution in [0.5, 0.6) is 0 Å². The normalized spacial score (nSPS) is 12.5. The van der Waals surface area contributed by atoms with Crippen molar-refractivity contribution in [1.29, 1.82) is 0 Å². The molecule has 0 bridgehead atoms. The zero-order chi connectivity index (χ0) is 14.4. The minimum Gasteiger partial charge on any atom is -0.468 e. The molecule has 1 rings (SSSR count). The molecule has 106 valence electrons. The van der Waals surface area contributed by atoms with Gasteiger partial charge in [0, 0.05) is 12.6 Å². The summed E-state index contributed by atoms with van der Waals surface area (Å²) in [7, 11) is 3.76. The highest BCUT2D eigenvalue weighted by Gasteiger charge is 2.20. The Morgan fingerprint density at radius 1 is 1.32 bits per heavy atom. The van der Waals surface area contributed by atoms with E-state index in [-0.39, 0.29) is 12.1 Å². The Labute approximate surface area is 113 Å². The first kappa shape index (κ1) is 15.2. The van der Waals surface area contributed by atoms with Gasteiger partial charge in [0.2, 0.25) is 0 Å². The quantitative estimate of drug-likeness (QED) is 0.763. The number of likely N-dealkylation sites (N-methyl/N-ethyl adjacent to an activating group) is 1. The fourth-order valence-corrected chi connectivity index (χ4v) is 1.62. The molecule has 6 nitrogen and oxygen atoms in total. The topological polar surface area (TPSA) is 74.6 Å². The van der Waals surface area contributed by atoms with Gasteiger partial charge >= 0.3 is 11.8 Å². The smallest absolute Gasteiger partial charge is 0.309 e. The highest BCUT2D eigenvalue weighted by atomic mass is 16.3. The SMILES string of the molecule is CC(C)NC(=O)C(=O)NCC(c1ccco1)N(C)C. The third-order valence-corrected chi connectivity index (χ3v) is 2.58. The number of nitrogens with zero attached hydrogens (tertiary/aromatic N) is 1. The second-order valence-corrected chi connectivity index (χ2v) is 4.83. The molecule has 0 aliphatic heterocycles. The fraction of sp³-hybridized carbons (Fsp3) is 0.538. The molecule has 0 saturated carbocycles. The molecule has 0 saturated heterocycles. The molecule has 2 N–H and O–H groups in total. The Morgan fingerprint density at radius 2 is 2.00 bits per heavy atom. The van der Waals surface area contributed by atoms with Gasteiger partial charge in [0.1, 0.15) is 5.76 Å². The van der Waals surface area contributed by atoms with Crippen LogP contribution in [0.25, 0.3) is 0 Å². The first-order valence-electron chi connectivity index (χ1n) is 6.20. The van der Waals surface area contributed by atoms with Crippen molar-refractivity contribution < 1.29 is 14.0 Å². The minimum atomic E-state index is -0.632. The second kappa shape index (κ2) is 6.94. The molecule has 1 unspecified atom stereocenters. The summed E-state index contributed by atoms with van der Waals surface area (Å²) in [6.07, 6.45) is 1.58. The Morgan fingerprint density at radius 3 is 2.47 bits per heavy atom. The Kier molecular flexibility index (Phi) is 5.57. The van der Waals surface area contributed by atoms with Crippen molar-refractivity contribution in [3.05, 3.63) is 24.2 Å². The average molecular weight is 267 g/mol. The van der Waals surface area contributed by atoms with E-state index < -0.39 is 11.8 Å². The van der Waals surface area contributed by atoms with Crippen LogP contribution >= 0.6 is 0 Å². The standard InChI is InChI=1S/C13H21N3O3/c1-9(2)15-13(18)12(17)14-8-10(16(3)4)11-6-5-7-19-11/h5-7,9-10H,8H2,1-4H3,(H,14,17)(H,15,18). The fourth-order valence-electron chi connectivity index (χ4n) is 1.62. The maximum atomic E-state index is 11.6. The molecule has 0 radical (unpaired) electrons. The molecule has 1 aromatic rings. The molecule has 1 heterocycles.